The number of aryl methyl sites for hydroxylation is 7. The molecular formula is C91H81Cl4N11O5U. The molecule has 16 nitrogen and oxygen atoms in total. The number of hydrogen-bond donors (Lipinski definition) is 4. The number of alkyl halides is 1. The van der Waals surface area contributed by atoms with Crippen molar-refractivity contribution >= 4 is 156 Å². The van der Waals surface area contributed by atoms with Gasteiger partial charge in [0, 0.05) is 169 Å². The van der Waals surface area contributed by atoms with E-state index in [0.29, 0.717) is 33.7 Å². The number of rotatable bonds is 15. The van der Waals surface area contributed by atoms with Crippen LogP contribution in [-0.2, 0) is 25.1 Å². The van der Waals surface area contributed by atoms with Crippen LogP contribution in [0, 0.1) is 58.8 Å². The molecule has 8 aromatic carbocycles. The number of nitrogens with zero attached hydrogens (tertiary/aromatic N) is 7. The Bertz CT molecular complexity index is 5650. The third-order valence-corrected chi connectivity index (χ3v) is 17.3. The summed E-state index contributed by atoms with van der Waals surface area (Å²) in [4.78, 5) is 88.1. The minimum absolute atomic E-state index is 0. The molecule has 0 aliphatic carbocycles. The van der Waals surface area contributed by atoms with Crippen molar-refractivity contribution in [2.45, 2.75) is 59.8 Å². The largest absolute Gasteiger partial charge is 0.399 e. The van der Waals surface area contributed by atoms with E-state index in [1.54, 1.807) is 55.1 Å². The molecule has 7 heterocycles. The average Bonchev–Trinajstić information content (AvgIpc) is 0.858. The fraction of sp³-hybridized carbons (Fsp3) is 0.0989. The van der Waals surface area contributed by atoms with Crippen molar-refractivity contribution in [2.24, 2.45) is 0 Å². The summed E-state index contributed by atoms with van der Waals surface area (Å²) in [5.74, 6) is 0.0614. The van der Waals surface area contributed by atoms with Gasteiger partial charge < -0.3 is 21.7 Å². The molecule has 15 aromatic rings. The van der Waals surface area contributed by atoms with Gasteiger partial charge in [0.1, 0.15) is 0 Å². The van der Waals surface area contributed by atoms with Gasteiger partial charge in [-0.15, -0.1) is 36.4 Å². The molecule has 0 saturated carbocycles. The van der Waals surface area contributed by atoms with Gasteiger partial charge in [-0.2, -0.15) is 0 Å². The Balaban J connectivity index is 0.000000195. The van der Waals surface area contributed by atoms with Gasteiger partial charge in [-0.3, -0.25) is 58.9 Å². The summed E-state index contributed by atoms with van der Waals surface area (Å²) in [6.45, 7) is 9.96. The van der Waals surface area contributed by atoms with Crippen LogP contribution in [0.3, 0.4) is 0 Å². The van der Waals surface area contributed by atoms with Crippen LogP contribution in [0.5, 0.6) is 0 Å². The first-order valence-electron chi connectivity index (χ1n) is 35.1. The molecule has 0 bridgehead atoms. The second-order valence-corrected chi connectivity index (χ2v) is 25.8. The second-order valence-electron chi connectivity index (χ2n) is 25.2. The number of fused-ring (bicyclic) bond motifs is 4. The van der Waals surface area contributed by atoms with Crippen LogP contribution < -0.4 is 21.7 Å². The van der Waals surface area contributed by atoms with Crippen molar-refractivity contribution < 1.29 is 55.1 Å². The van der Waals surface area contributed by atoms with Gasteiger partial charge in [-0.1, -0.05) is 110 Å². The van der Waals surface area contributed by atoms with E-state index in [1.165, 1.54) is 11.8 Å². The van der Waals surface area contributed by atoms with Gasteiger partial charge in [0.15, 0.2) is 6.29 Å². The second kappa shape index (κ2) is 44.9. The molecule has 0 spiro atoms. The van der Waals surface area contributed by atoms with Gasteiger partial charge in [0.2, 0.25) is 0 Å². The number of pyridine rings is 7. The maximum absolute atomic E-state index is 12.7. The Morgan fingerprint density at radius 2 is 0.750 bits per heavy atom. The molecule has 15 rings (SSSR count). The van der Waals surface area contributed by atoms with Gasteiger partial charge >= 0.3 is 0 Å². The summed E-state index contributed by atoms with van der Waals surface area (Å²) >= 11 is 10.8. The van der Waals surface area contributed by atoms with E-state index in [1.807, 2.05) is 258 Å². The van der Waals surface area contributed by atoms with Gasteiger partial charge in [0.25, 0.3) is 23.0 Å². The number of amides is 3. The van der Waals surface area contributed by atoms with E-state index in [0.717, 1.165) is 143 Å². The van der Waals surface area contributed by atoms with E-state index in [-0.39, 0.29) is 73.6 Å². The predicted molar refractivity (Wildman–Crippen MR) is 458 cm³/mol. The number of benzene rings is 8. The molecule has 0 fully saturated rings. The van der Waals surface area contributed by atoms with Crippen molar-refractivity contribution in [3.8, 4) is 0 Å². The summed E-state index contributed by atoms with van der Waals surface area (Å²) in [5, 5.41) is 12.6. The Labute approximate surface area is 697 Å². The smallest absolute Gasteiger partial charge is 0.255 e. The molecule has 0 saturated heterocycles. The van der Waals surface area contributed by atoms with E-state index >= 15 is 0 Å². The van der Waals surface area contributed by atoms with E-state index in [2.05, 4.69) is 69.9 Å². The molecular weight excluding hydrogens is 1710 g/mol. The number of halogens is 4. The summed E-state index contributed by atoms with van der Waals surface area (Å²) in [6.07, 6.45) is 17.7. The van der Waals surface area contributed by atoms with Crippen LogP contribution in [0.4, 0.5) is 22.7 Å². The van der Waals surface area contributed by atoms with E-state index < -0.39 is 5.24 Å². The van der Waals surface area contributed by atoms with Crippen LogP contribution in [0.1, 0.15) is 115 Å². The maximum atomic E-state index is 12.7. The van der Waals surface area contributed by atoms with E-state index in [9.17, 15) is 24.0 Å². The maximum Gasteiger partial charge on any atom is 0.255 e. The van der Waals surface area contributed by atoms with Crippen molar-refractivity contribution in [1.29, 1.82) is 0 Å². The zero-order valence-electron chi connectivity index (χ0n) is 62.1. The van der Waals surface area contributed by atoms with Gasteiger partial charge in [-0.05, 0) is 256 Å². The molecule has 5 N–H and O–H groups in total. The molecule has 112 heavy (non-hydrogen) atoms. The minimum atomic E-state index is -0.447. The SMILES string of the molecule is CCc1cccc(C(=O)Nc2ccc3nc(C)ccc3c2)c1.Cc1ccc2cc(N)ccc2n1.Cc1ccc2cc(NC(=O)c3cccc(/C=C/c4cccnc4)c3)ccc2n1.Cc1ccc2cc(NC(=O)c3cccc(CCc4cccnc4)c3)ccc2n1.Cl.Cl.O=C(Cl)c1cccc(CCl)c1.O=Cc1cccnc1.[U]. The summed E-state index contributed by atoms with van der Waals surface area (Å²) < 4.78 is 0. The fourth-order valence-electron chi connectivity index (χ4n) is 11.1. The normalized spacial score (nSPS) is 10.2. The molecule has 562 valence electrons. The third kappa shape index (κ3) is 27.4. The van der Waals surface area contributed by atoms with Crippen LogP contribution in [0.25, 0.3) is 55.8 Å². The molecule has 21 heteroatoms. The van der Waals surface area contributed by atoms with E-state index in [4.69, 9.17) is 28.9 Å². The number of aldehydes is 1. The van der Waals surface area contributed by atoms with Gasteiger partial charge in [0.05, 0.1) is 22.1 Å². The standard InChI is InChI=1S/C24H21N3O.C24H19N3O.C19H18N2O.C10H10N2.C8H6Cl2O.C6H5NO.2ClH.U/c2*1-17-7-10-20-15-22(11-12-23(20)26-17)27-24(28)21-6-2-4-18(14-21)8-9-19-5-3-13-25-16-19;1-3-14-5-4-6-16(11-14)19(22)21-17-9-10-18-15(12-17)8-7-13(2)20-18;1-7-2-3-8-6-9(11)4-5-10(8)12-7;9-5-6-2-1-3-7(4-6)8(10)11;8-5-6-2-1-3-7-4-6;;;/h2-7,10-16H,8-9H2,1H3,(H,27,28);2-16H,1H3,(H,27,28);4-12H,3H2,1-2H3,(H,21,22);2-6H,11H2,1H3;1-4H,5H2;1-5H;2*1H;/b;9-8+;;;;;;;. The zero-order chi connectivity index (χ0) is 76.9. The van der Waals surface area contributed by atoms with Crippen LogP contribution in [0.2, 0.25) is 0 Å². The number of carbonyl (C=O) groups is 5. The topological polar surface area (TPSA) is 238 Å². The number of hydrogen-bond acceptors (Lipinski definition) is 13. The number of nitrogens with one attached hydrogen (secondary N) is 3. The Kier molecular flexibility index (Phi) is 35.1. The number of nitrogen functional groups attached to an aromatic ring is 1. The number of carbonyl (C=O) groups excluding carboxylic acids is 5. The first kappa shape index (κ1) is 87.6. The predicted octanol–water partition coefficient (Wildman–Crippen LogP) is 21.4. The summed E-state index contributed by atoms with van der Waals surface area (Å²) in [6, 6.07) is 80.3. The molecule has 0 unspecified atom stereocenters. The third-order valence-electron chi connectivity index (χ3n) is 16.8. The first-order valence-corrected chi connectivity index (χ1v) is 36.0. The first-order chi connectivity index (χ1) is 52.9. The van der Waals surface area contributed by atoms with Crippen LogP contribution in [-0.4, -0.2) is 64.1 Å². The number of nitrogens with two attached hydrogens (primary N) is 1. The summed E-state index contributed by atoms with van der Waals surface area (Å²) in [5.41, 5.74) is 25.9. The molecule has 0 aliphatic heterocycles. The Morgan fingerprint density at radius 3 is 1.18 bits per heavy atom. The van der Waals surface area contributed by atoms with Crippen molar-refractivity contribution in [2.75, 3.05) is 21.7 Å². The monoisotopic (exact) mass is 1790 g/mol. The van der Waals surface area contributed by atoms with Crippen LogP contribution in [0.15, 0.2) is 292 Å². The molecule has 3 amide bonds. The quantitative estimate of drug-likeness (QED) is 0.0324. The zero-order valence-corrected chi connectivity index (χ0v) is 69.4. The molecule has 7 aromatic heterocycles. The number of aromatic nitrogens is 7. The number of anilines is 4. The Hall–Kier alpha value is -11.6. The van der Waals surface area contributed by atoms with Crippen molar-refractivity contribution in [3.05, 3.63) is 376 Å². The summed E-state index contributed by atoms with van der Waals surface area (Å²) in [7, 11) is 0. The average molecular weight is 1790 g/mol. The van der Waals surface area contributed by atoms with Crippen molar-refractivity contribution in [3.63, 3.8) is 0 Å². The van der Waals surface area contributed by atoms with Crippen molar-refractivity contribution in [1.82, 2.24) is 34.9 Å². The Morgan fingerprint density at radius 1 is 0.384 bits per heavy atom. The van der Waals surface area contributed by atoms with Gasteiger partial charge in [-0.25, -0.2) is 0 Å². The molecule has 0 radical (unpaired) electrons. The molecule has 0 atom stereocenters. The minimum Gasteiger partial charge on any atom is -0.399 e. The van der Waals surface area contributed by atoms with Crippen LogP contribution >= 0.6 is 48.0 Å². The molecule has 0 aliphatic rings. The fourth-order valence-corrected chi connectivity index (χ4v) is 11.4.